The van der Waals surface area contributed by atoms with Crippen molar-refractivity contribution in [1.29, 1.82) is 0 Å². The Kier molecular flexibility index (Phi) is 6.95. The highest BCUT2D eigenvalue weighted by Gasteiger charge is 2.27. The Labute approximate surface area is 232 Å². The number of nitrogens with one attached hydrogen (secondary N) is 3. The van der Waals surface area contributed by atoms with Gasteiger partial charge in [-0.1, -0.05) is 18.2 Å². The third-order valence-electron chi connectivity index (χ3n) is 7.64. The summed E-state index contributed by atoms with van der Waals surface area (Å²) in [6.07, 6.45) is 5.38. The molecule has 3 amide bonds. The first-order valence-electron chi connectivity index (χ1n) is 13.5. The van der Waals surface area contributed by atoms with Crippen LogP contribution in [0.1, 0.15) is 32.9 Å². The van der Waals surface area contributed by atoms with E-state index < -0.39 is 0 Å². The fourth-order valence-corrected chi connectivity index (χ4v) is 5.31. The Bertz CT molecular complexity index is 1520. The molecule has 1 saturated heterocycles. The Balaban J connectivity index is 1.09. The number of piperazine rings is 1. The van der Waals surface area contributed by atoms with E-state index in [2.05, 4.69) is 30.6 Å². The number of anilines is 3. The summed E-state index contributed by atoms with van der Waals surface area (Å²) >= 11 is 0. The lowest BCUT2D eigenvalue weighted by Gasteiger charge is -2.34. The zero-order chi connectivity index (χ0) is 27.6. The van der Waals surface area contributed by atoms with Gasteiger partial charge >= 0.3 is 6.03 Å². The van der Waals surface area contributed by atoms with Crippen LogP contribution in [-0.2, 0) is 26.7 Å². The molecule has 11 nitrogen and oxygen atoms in total. The monoisotopic (exact) mass is 539 g/mol. The average molecular weight is 540 g/mol. The summed E-state index contributed by atoms with van der Waals surface area (Å²) in [5, 5.41) is 10.8. The molecule has 3 N–H and O–H groups in total. The van der Waals surface area contributed by atoms with Gasteiger partial charge in [0.2, 0.25) is 0 Å². The number of nitrogens with zero attached hydrogens (tertiary/aromatic N) is 6. The van der Waals surface area contributed by atoms with Gasteiger partial charge in [0, 0.05) is 63.3 Å². The number of carbonyl (C=O) groups excluding carboxylic acids is 2. The summed E-state index contributed by atoms with van der Waals surface area (Å²) in [6.45, 7) is 6.50. The van der Waals surface area contributed by atoms with E-state index >= 15 is 0 Å². The number of hydrogen-bond donors (Lipinski definition) is 3. The Morgan fingerprint density at radius 2 is 1.90 bits per heavy atom. The number of hydrogen-bond acceptors (Lipinski definition) is 6. The van der Waals surface area contributed by atoms with Crippen molar-refractivity contribution in [3.05, 3.63) is 89.1 Å². The minimum atomic E-state index is -0.0861. The molecule has 0 saturated carbocycles. The van der Waals surface area contributed by atoms with Crippen LogP contribution in [0.5, 0.6) is 0 Å². The highest BCUT2D eigenvalue weighted by Crippen LogP contribution is 2.36. The molecule has 2 aliphatic heterocycles. The van der Waals surface area contributed by atoms with Crippen LogP contribution in [0.2, 0.25) is 0 Å². The van der Waals surface area contributed by atoms with Crippen LogP contribution in [-0.4, -0.2) is 67.7 Å². The lowest BCUT2D eigenvalue weighted by atomic mass is 10.0. The van der Waals surface area contributed by atoms with Crippen LogP contribution in [0, 0.1) is 6.92 Å². The van der Waals surface area contributed by atoms with Crippen molar-refractivity contribution in [2.75, 3.05) is 36.4 Å². The van der Waals surface area contributed by atoms with Gasteiger partial charge in [-0.2, -0.15) is 5.10 Å². The van der Waals surface area contributed by atoms with E-state index in [4.69, 9.17) is 0 Å². The molecule has 40 heavy (non-hydrogen) atoms. The second kappa shape index (κ2) is 10.9. The summed E-state index contributed by atoms with van der Waals surface area (Å²) in [4.78, 5) is 40.0. The molecule has 2 aromatic carbocycles. The summed E-state index contributed by atoms with van der Waals surface area (Å²) in [7, 11) is 1.88. The fourth-order valence-electron chi connectivity index (χ4n) is 5.31. The van der Waals surface area contributed by atoms with E-state index in [0.29, 0.717) is 31.7 Å². The Morgan fingerprint density at radius 3 is 2.67 bits per heavy atom. The van der Waals surface area contributed by atoms with Crippen LogP contribution in [0.15, 0.2) is 61.1 Å². The van der Waals surface area contributed by atoms with E-state index in [0.717, 1.165) is 59.3 Å². The van der Waals surface area contributed by atoms with E-state index in [-0.39, 0.29) is 11.9 Å². The summed E-state index contributed by atoms with van der Waals surface area (Å²) in [6, 6.07) is 13.4. The molecular weight excluding hydrogens is 506 g/mol. The lowest BCUT2D eigenvalue weighted by molar-refractivity contribution is 0.0985. The van der Waals surface area contributed by atoms with Gasteiger partial charge in [-0.15, -0.1) is 0 Å². The van der Waals surface area contributed by atoms with Crippen molar-refractivity contribution in [2.45, 2.75) is 26.6 Å². The van der Waals surface area contributed by atoms with Gasteiger partial charge in [0.15, 0.2) is 0 Å². The number of aromatic amines is 1. The maximum atomic E-state index is 13.8. The first kappa shape index (κ1) is 25.6. The minimum Gasteiger partial charge on any atom is -0.348 e. The molecule has 4 heterocycles. The normalized spacial score (nSPS) is 15.2. The Morgan fingerprint density at radius 1 is 1.07 bits per heavy atom. The van der Waals surface area contributed by atoms with Crippen molar-refractivity contribution in [1.82, 2.24) is 34.9 Å². The smallest absolute Gasteiger partial charge is 0.317 e. The molecule has 2 aromatic heterocycles. The van der Waals surface area contributed by atoms with Crippen LogP contribution in [0.3, 0.4) is 0 Å². The van der Waals surface area contributed by atoms with Crippen LogP contribution >= 0.6 is 0 Å². The highest BCUT2D eigenvalue weighted by molar-refractivity contribution is 6.08. The molecule has 4 aromatic rings. The zero-order valence-electron chi connectivity index (χ0n) is 22.7. The molecule has 0 radical (unpaired) electrons. The predicted molar refractivity (Wildman–Crippen MR) is 152 cm³/mol. The maximum absolute atomic E-state index is 13.8. The van der Waals surface area contributed by atoms with E-state index in [1.165, 1.54) is 0 Å². The van der Waals surface area contributed by atoms with Crippen molar-refractivity contribution in [2.24, 2.45) is 7.05 Å². The van der Waals surface area contributed by atoms with Crippen molar-refractivity contribution >= 4 is 29.1 Å². The number of aryl methyl sites for hydroxylation is 2. The van der Waals surface area contributed by atoms with E-state index in [1.807, 2.05) is 67.5 Å². The van der Waals surface area contributed by atoms with Crippen molar-refractivity contribution in [3.8, 4) is 0 Å². The Hall–Kier alpha value is -4.64. The highest BCUT2D eigenvalue weighted by atomic mass is 16.2. The topological polar surface area (TPSA) is 114 Å². The first-order valence-corrected chi connectivity index (χ1v) is 13.5. The molecule has 0 unspecified atom stereocenters. The van der Waals surface area contributed by atoms with Crippen molar-refractivity contribution < 1.29 is 9.59 Å². The number of para-hydroxylation sites is 2. The summed E-state index contributed by atoms with van der Waals surface area (Å²) < 4.78 is 1.79. The second-order valence-corrected chi connectivity index (χ2v) is 10.3. The number of benzene rings is 2. The second-order valence-electron chi connectivity index (χ2n) is 10.3. The molecule has 2 aliphatic rings. The van der Waals surface area contributed by atoms with E-state index in [9.17, 15) is 9.59 Å². The molecule has 0 spiro atoms. The SMILES string of the molecule is Cc1cc(C(=O)N2Cc3cnn(C)c3Nc3ccccc32)ccc1CNC(=O)N1CCN(Cc2ncc[nH]2)CC1. The van der Waals surface area contributed by atoms with Gasteiger partial charge in [0.25, 0.3) is 5.91 Å². The number of imidazole rings is 1. The van der Waals surface area contributed by atoms with Gasteiger partial charge in [-0.05, 0) is 42.3 Å². The first-order chi connectivity index (χ1) is 19.5. The number of aromatic nitrogens is 4. The summed E-state index contributed by atoms with van der Waals surface area (Å²) in [5.41, 5.74) is 5.16. The maximum Gasteiger partial charge on any atom is 0.317 e. The minimum absolute atomic E-state index is 0.0712. The number of urea groups is 1. The number of carbonyl (C=O) groups is 2. The largest absolute Gasteiger partial charge is 0.348 e. The van der Waals surface area contributed by atoms with Crippen LogP contribution < -0.4 is 15.5 Å². The van der Waals surface area contributed by atoms with E-state index in [1.54, 1.807) is 22.0 Å². The number of H-pyrrole nitrogens is 1. The molecule has 0 bridgehead atoms. The lowest BCUT2D eigenvalue weighted by Crippen LogP contribution is -2.51. The molecule has 1 fully saturated rings. The number of amides is 3. The number of rotatable bonds is 5. The van der Waals surface area contributed by atoms with Gasteiger partial charge in [0.05, 0.1) is 30.7 Å². The number of fused-ring (bicyclic) bond motifs is 2. The van der Waals surface area contributed by atoms with Crippen LogP contribution in [0.4, 0.5) is 22.0 Å². The molecule has 0 atom stereocenters. The molecule has 0 aliphatic carbocycles. The third kappa shape index (κ3) is 5.15. The molecule has 206 valence electrons. The average Bonchev–Trinajstić information content (AvgIpc) is 3.56. The molecule has 11 heteroatoms. The fraction of sp³-hybridized carbons (Fsp3) is 0.310. The van der Waals surface area contributed by atoms with Gasteiger partial charge in [-0.3, -0.25) is 14.4 Å². The quantitative estimate of drug-likeness (QED) is 0.358. The van der Waals surface area contributed by atoms with Crippen LogP contribution in [0.25, 0.3) is 0 Å². The van der Waals surface area contributed by atoms with Gasteiger partial charge < -0.3 is 25.4 Å². The standard InChI is InChI=1S/C29H33N9O2/c1-20-15-21(28(39)38-18-23-17-33-35(2)27(23)34-24-5-3-4-6-25(24)38)7-8-22(20)16-32-29(40)37-13-11-36(12-14-37)19-26-30-9-10-31-26/h3-10,15,17,34H,11-14,16,18-19H2,1-2H3,(H,30,31)(H,32,40). The molecule has 6 rings (SSSR count). The van der Waals surface area contributed by atoms with Gasteiger partial charge in [0.1, 0.15) is 11.6 Å². The van der Waals surface area contributed by atoms with Crippen molar-refractivity contribution in [3.63, 3.8) is 0 Å². The third-order valence-corrected chi connectivity index (χ3v) is 7.64. The zero-order valence-corrected chi connectivity index (χ0v) is 22.7. The summed E-state index contributed by atoms with van der Waals surface area (Å²) in [5.74, 6) is 1.73. The molecular formula is C29H33N9O2. The predicted octanol–water partition coefficient (Wildman–Crippen LogP) is 3.38. The van der Waals surface area contributed by atoms with Gasteiger partial charge in [-0.25, -0.2) is 9.78 Å².